The number of benzene rings is 1. The SMILES string of the molecule is COCCCNC(=O)CN1CCN(C(=O)c2cc3ccccc3oc2=O)CC1. The summed E-state index contributed by atoms with van der Waals surface area (Å²) in [4.78, 5) is 40.5. The second-order valence-electron chi connectivity index (χ2n) is 6.75. The van der Waals surface area contributed by atoms with E-state index >= 15 is 0 Å². The molecule has 8 nitrogen and oxygen atoms in total. The van der Waals surface area contributed by atoms with Crippen LogP contribution in [0.3, 0.4) is 0 Å². The first-order valence-electron chi connectivity index (χ1n) is 9.38. The molecule has 1 fully saturated rings. The third-order valence-corrected chi connectivity index (χ3v) is 4.75. The Balaban J connectivity index is 1.53. The molecule has 28 heavy (non-hydrogen) atoms. The van der Waals surface area contributed by atoms with Gasteiger partial charge in [-0.2, -0.15) is 0 Å². The molecule has 0 unspecified atom stereocenters. The van der Waals surface area contributed by atoms with Gasteiger partial charge in [0.1, 0.15) is 11.1 Å². The first-order valence-corrected chi connectivity index (χ1v) is 9.38. The molecule has 3 rings (SSSR count). The second-order valence-corrected chi connectivity index (χ2v) is 6.75. The van der Waals surface area contributed by atoms with Crippen LogP contribution in [0.15, 0.2) is 39.5 Å². The lowest BCUT2D eigenvalue weighted by Gasteiger charge is -2.34. The molecule has 1 aromatic carbocycles. The van der Waals surface area contributed by atoms with Gasteiger partial charge in [0.15, 0.2) is 0 Å². The van der Waals surface area contributed by atoms with Gasteiger partial charge >= 0.3 is 5.63 Å². The number of piperazine rings is 1. The molecule has 1 N–H and O–H groups in total. The van der Waals surface area contributed by atoms with E-state index in [-0.39, 0.29) is 17.4 Å². The number of hydrogen-bond donors (Lipinski definition) is 1. The van der Waals surface area contributed by atoms with Gasteiger partial charge in [0, 0.05) is 51.8 Å². The van der Waals surface area contributed by atoms with Gasteiger partial charge in [0.05, 0.1) is 6.54 Å². The zero-order valence-corrected chi connectivity index (χ0v) is 16.0. The minimum absolute atomic E-state index is 0.0361. The predicted octanol–water partition coefficient (Wildman–Crippen LogP) is 0.704. The van der Waals surface area contributed by atoms with Crippen LogP contribution in [0.4, 0.5) is 0 Å². The van der Waals surface area contributed by atoms with Crippen LogP contribution in [0.25, 0.3) is 11.0 Å². The third-order valence-electron chi connectivity index (χ3n) is 4.75. The lowest BCUT2D eigenvalue weighted by molar-refractivity contribution is -0.122. The summed E-state index contributed by atoms with van der Waals surface area (Å²) in [6.07, 6.45) is 0.777. The highest BCUT2D eigenvalue weighted by molar-refractivity contribution is 5.96. The van der Waals surface area contributed by atoms with Crippen molar-refractivity contribution in [2.45, 2.75) is 6.42 Å². The quantitative estimate of drug-likeness (QED) is 0.556. The first kappa shape index (κ1) is 20.0. The molecule has 150 valence electrons. The summed E-state index contributed by atoms with van der Waals surface area (Å²) in [5.41, 5.74) is -0.116. The summed E-state index contributed by atoms with van der Waals surface area (Å²) < 4.78 is 10.2. The number of amides is 2. The summed E-state index contributed by atoms with van der Waals surface area (Å²) in [7, 11) is 1.63. The molecule has 0 aliphatic carbocycles. The van der Waals surface area contributed by atoms with Gasteiger partial charge in [-0.05, 0) is 18.6 Å². The summed E-state index contributed by atoms with van der Waals surface area (Å²) in [6, 6.07) is 8.70. The Labute approximate surface area is 163 Å². The van der Waals surface area contributed by atoms with Crippen LogP contribution in [-0.4, -0.2) is 74.6 Å². The Morgan fingerprint density at radius 1 is 1.18 bits per heavy atom. The molecule has 1 saturated heterocycles. The van der Waals surface area contributed by atoms with Crippen LogP contribution < -0.4 is 10.9 Å². The summed E-state index contributed by atoms with van der Waals surface area (Å²) in [5, 5.41) is 3.57. The van der Waals surface area contributed by atoms with Gasteiger partial charge in [-0.15, -0.1) is 0 Å². The van der Waals surface area contributed by atoms with Crippen molar-refractivity contribution in [3.05, 3.63) is 46.3 Å². The number of nitrogens with one attached hydrogen (secondary N) is 1. The van der Waals surface area contributed by atoms with Crippen molar-refractivity contribution in [2.75, 3.05) is 53.0 Å². The van der Waals surface area contributed by atoms with Gasteiger partial charge in [0.2, 0.25) is 5.91 Å². The van der Waals surface area contributed by atoms with E-state index in [1.165, 1.54) is 0 Å². The molecule has 0 saturated carbocycles. The zero-order valence-electron chi connectivity index (χ0n) is 16.0. The maximum Gasteiger partial charge on any atom is 0.349 e. The number of nitrogens with zero attached hydrogens (tertiary/aromatic N) is 2. The molecule has 2 aromatic rings. The van der Waals surface area contributed by atoms with Crippen molar-refractivity contribution < 1.29 is 18.7 Å². The van der Waals surface area contributed by atoms with Gasteiger partial charge in [-0.1, -0.05) is 18.2 Å². The largest absolute Gasteiger partial charge is 0.422 e. The number of hydrogen-bond acceptors (Lipinski definition) is 6. The fourth-order valence-electron chi connectivity index (χ4n) is 3.19. The van der Waals surface area contributed by atoms with Crippen LogP contribution in [0.2, 0.25) is 0 Å². The summed E-state index contributed by atoms with van der Waals surface area (Å²) in [6.45, 7) is 3.58. The van der Waals surface area contributed by atoms with Crippen molar-refractivity contribution in [1.82, 2.24) is 15.1 Å². The smallest absolute Gasteiger partial charge is 0.349 e. The average molecular weight is 387 g/mol. The molecule has 2 heterocycles. The fourth-order valence-corrected chi connectivity index (χ4v) is 3.19. The van der Waals surface area contributed by atoms with E-state index in [9.17, 15) is 14.4 Å². The molecule has 2 amide bonds. The highest BCUT2D eigenvalue weighted by Gasteiger charge is 2.25. The number of para-hydroxylation sites is 1. The van der Waals surface area contributed by atoms with Gasteiger partial charge < -0.3 is 19.4 Å². The van der Waals surface area contributed by atoms with Crippen LogP contribution in [0, 0.1) is 0 Å². The highest BCUT2D eigenvalue weighted by atomic mass is 16.5. The van der Waals surface area contributed by atoms with E-state index in [0.717, 1.165) is 6.42 Å². The molecule has 0 atom stereocenters. The van der Waals surface area contributed by atoms with Crippen LogP contribution >= 0.6 is 0 Å². The number of ether oxygens (including phenoxy) is 1. The number of methoxy groups -OCH3 is 1. The van der Waals surface area contributed by atoms with E-state index in [4.69, 9.17) is 9.15 Å². The summed E-state index contributed by atoms with van der Waals surface area (Å²) >= 11 is 0. The average Bonchev–Trinajstić information content (AvgIpc) is 2.71. The Morgan fingerprint density at radius 2 is 1.93 bits per heavy atom. The number of fused-ring (bicyclic) bond motifs is 1. The number of carbonyl (C=O) groups is 2. The minimum atomic E-state index is -0.624. The van der Waals surface area contributed by atoms with Crippen molar-refractivity contribution in [3.63, 3.8) is 0 Å². The Hall–Kier alpha value is -2.71. The van der Waals surface area contributed by atoms with Crippen molar-refractivity contribution in [3.8, 4) is 0 Å². The molecule has 8 heteroatoms. The molecular formula is C20H25N3O5. The number of rotatable bonds is 7. The van der Waals surface area contributed by atoms with Crippen molar-refractivity contribution >= 4 is 22.8 Å². The molecule has 1 aliphatic rings. The standard InChI is InChI=1S/C20H25N3O5/c1-27-12-4-7-21-18(24)14-22-8-10-23(11-9-22)19(25)16-13-15-5-2-3-6-17(15)28-20(16)26/h2-3,5-6,13H,4,7-12,14H2,1H3,(H,21,24). The molecular weight excluding hydrogens is 362 g/mol. The van der Waals surface area contributed by atoms with Crippen LogP contribution in [0.5, 0.6) is 0 Å². The minimum Gasteiger partial charge on any atom is -0.422 e. The highest BCUT2D eigenvalue weighted by Crippen LogP contribution is 2.14. The van der Waals surface area contributed by atoms with Crippen molar-refractivity contribution in [1.29, 1.82) is 0 Å². The lowest BCUT2D eigenvalue weighted by atomic mass is 10.1. The maximum absolute atomic E-state index is 12.8. The Bertz CT molecular complexity index is 887. The molecule has 1 aromatic heterocycles. The normalized spacial score (nSPS) is 15.0. The van der Waals surface area contributed by atoms with E-state index in [1.54, 1.807) is 36.3 Å². The zero-order chi connectivity index (χ0) is 19.9. The third kappa shape index (κ3) is 4.96. The molecule has 0 bridgehead atoms. The molecule has 1 aliphatic heterocycles. The van der Waals surface area contributed by atoms with Crippen LogP contribution in [-0.2, 0) is 9.53 Å². The Kier molecular flexibility index (Phi) is 6.78. The van der Waals surface area contributed by atoms with Crippen molar-refractivity contribution in [2.24, 2.45) is 0 Å². The maximum atomic E-state index is 12.8. The summed E-state index contributed by atoms with van der Waals surface area (Å²) in [5.74, 6) is -0.366. The topological polar surface area (TPSA) is 92.1 Å². The van der Waals surface area contributed by atoms with E-state index in [2.05, 4.69) is 5.32 Å². The number of carbonyl (C=O) groups excluding carboxylic acids is 2. The van der Waals surface area contributed by atoms with E-state index < -0.39 is 5.63 Å². The van der Waals surface area contributed by atoms with Gasteiger partial charge in [-0.3, -0.25) is 14.5 Å². The monoisotopic (exact) mass is 387 g/mol. The molecule has 0 spiro atoms. The first-order chi connectivity index (χ1) is 13.6. The van der Waals surface area contributed by atoms with Gasteiger partial charge in [0.25, 0.3) is 5.91 Å². The predicted molar refractivity (Wildman–Crippen MR) is 104 cm³/mol. The van der Waals surface area contributed by atoms with E-state index in [0.29, 0.717) is 56.8 Å². The second kappa shape index (κ2) is 9.48. The van der Waals surface area contributed by atoms with Gasteiger partial charge in [-0.25, -0.2) is 4.79 Å². The lowest BCUT2D eigenvalue weighted by Crippen LogP contribution is -2.51. The molecule has 0 radical (unpaired) electrons. The van der Waals surface area contributed by atoms with E-state index in [1.807, 2.05) is 11.0 Å². The Morgan fingerprint density at radius 3 is 2.68 bits per heavy atom. The fraction of sp³-hybridized carbons (Fsp3) is 0.450. The van der Waals surface area contributed by atoms with Crippen LogP contribution in [0.1, 0.15) is 16.8 Å².